The second-order valence-electron chi connectivity index (χ2n) is 17.8. The molecular formula is C64H39N11. The highest BCUT2D eigenvalue weighted by molar-refractivity contribution is 6.11. The first-order chi connectivity index (χ1) is 37.1. The van der Waals surface area contributed by atoms with E-state index in [9.17, 15) is 5.26 Å². The molecular weight excluding hydrogens is 923 g/mol. The van der Waals surface area contributed by atoms with E-state index in [4.69, 9.17) is 44.9 Å². The van der Waals surface area contributed by atoms with Gasteiger partial charge in [0.15, 0.2) is 52.4 Å². The van der Waals surface area contributed by atoms with Crippen molar-refractivity contribution < 1.29 is 0 Å². The summed E-state index contributed by atoms with van der Waals surface area (Å²) in [6.45, 7) is 0. The zero-order valence-corrected chi connectivity index (χ0v) is 39.9. The predicted octanol–water partition coefficient (Wildman–Crippen LogP) is 14.2. The van der Waals surface area contributed by atoms with Crippen LogP contribution in [0.5, 0.6) is 0 Å². The van der Waals surface area contributed by atoms with Crippen molar-refractivity contribution in [1.82, 2.24) is 49.4 Å². The molecule has 9 aromatic carbocycles. The van der Waals surface area contributed by atoms with Crippen LogP contribution in [0.25, 0.3) is 130 Å². The van der Waals surface area contributed by atoms with E-state index in [0.717, 1.165) is 66.3 Å². The Morgan fingerprint density at radius 3 is 0.760 bits per heavy atom. The second kappa shape index (κ2) is 19.1. The molecule has 75 heavy (non-hydrogen) atoms. The van der Waals surface area contributed by atoms with Crippen molar-refractivity contribution in [2.45, 2.75) is 0 Å². The SMILES string of the molecule is N#Cc1cc(-c2nc(-c3ccccc3)nc(-c3ccccc3)n2)ccc1-n1c2ccc(-c3nc(-c4ccccc4)nc(-c4ccccc4)n3)cc2c2cc(-c3nc(-c4ccccc4)nc(-c4ccccc4)n3)ccc21. The average molecular weight is 962 g/mol. The van der Waals surface area contributed by atoms with Gasteiger partial charge in [0, 0.05) is 60.8 Å². The number of fused-ring (bicyclic) bond motifs is 3. The molecule has 0 amide bonds. The Hall–Kier alpha value is -10.7. The number of hydrogen-bond donors (Lipinski definition) is 0. The van der Waals surface area contributed by atoms with Crippen LogP contribution in [0.15, 0.2) is 237 Å². The summed E-state index contributed by atoms with van der Waals surface area (Å²) in [6, 6.07) is 80.2. The van der Waals surface area contributed by atoms with Gasteiger partial charge in [-0.05, 0) is 54.6 Å². The Kier molecular flexibility index (Phi) is 11.3. The maximum absolute atomic E-state index is 11.1. The first kappa shape index (κ1) is 44.3. The van der Waals surface area contributed by atoms with E-state index in [2.05, 4.69) is 34.9 Å². The standard InChI is InChI=1S/C64H39N11/c65-40-50-37-47(62-69-56(41-19-7-1-8-20-41)66-57(70-62)42-21-9-2-10-22-42)31-34-53(50)75-54-35-32-48(63-71-58(43-23-11-3-12-24-43)67-59(72-63)44-25-13-4-14-26-44)38-51(54)52-39-49(33-36-55(52)75)64-73-60(45-27-15-5-16-28-45)68-61(74-64)46-29-17-6-18-30-46/h1-39H. The van der Waals surface area contributed by atoms with Crippen LogP contribution < -0.4 is 0 Å². The molecule has 4 heterocycles. The van der Waals surface area contributed by atoms with Crippen molar-refractivity contribution in [3.63, 3.8) is 0 Å². The van der Waals surface area contributed by atoms with Gasteiger partial charge in [0.05, 0.1) is 22.3 Å². The lowest BCUT2D eigenvalue weighted by Crippen LogP contribution is -2.02. The van der Waals surface area contributed by atoms with Crippen LogP contribution in [-0.4, -0.2) is 49.4 Å². The van der Waals surface area contributed by atoms with Gasteiger partial charge in [-0.15, -0.1) is 0 Å². The summed E-state index contributed by atoms with van der Waals surface area (Å²) < 4.78 is 2.13. The number of aromatic nitrogens is 10. The first-order valence-corrected chi connectivity index (χ1v) is 24.3. The summed E-state index contributed by atoms with van der Waals surface area (Å²) in [5.41, 5.74) is 10.3. The molecule has 4 aromatic heterocycles. The lowest BCUT2D eigenvalue weighted by atomic mass is 10.1. The van der Waals surface area contributed by atoms with Crippen LogP contribution in [-0.2, 0) is 0 Å². The van der Waals surface area contributed by atoms with Crippen molar-refractivity contribution >= 4 is 21.8 Å². The lowest BCUT2D eigenvalue weighted by Gasteiger charge is -2.13. The average Bonchev–Trinajstić information content (AvgIpc) is 3.83. The minimum atomic E-state index is 0.428. The van der Waals surface area contributed by atoms with Gasteiger partial charge < -0.3 is 4.57 Å². The van der Waals surface area contributed by atoms with Gasteiger partial charge in [-0.2, -0.15) is 5.26 Å². The van der Waals surface area contributed by atoms with E-state index in [-0.39, 0.29) is 0 Å². The normalized spacial score (nSPS) is 11.2. The third-order valence-electron chi connectivity index (χ3n) is 13.0. The number of nitriles is 1. The minimum Gasteiger partial charge on any atom is -0.308 e. The van der Waals surface area contributed by atoms with Crippen molar-refractivity contribution in [1.29, 1.82) is 5.26 Å². The molecule has 0 N–H and O–H groups in total. The first-order valence-electron chi connectivity index (χ1n) is 24.3. The largest absolute Gasteiger partial charge is 0.308 e. The number of hydrogen-bond acceptors (Lipinski definition) is 10. The zero-order chi connectivity index (χ0) is 50.1. The van der Waals surface area contributed by atoms with Crippen molar-refractivity contribution in [2.75, 3.05) is 0 Å². The van der Waals surface area contributed by atoms with E-state index in [0.29, 0.717) is 69.2 Å². The fourth-order valence-corrected chi connectivity index (χ4v) is 9.33. The van der Waals surface area contributed by atoms with Gasteiger partial charge in [-0.25, -0.2) is 44.9 Å². The molecule has 13 rings (SSSR count). The van der Waals surface area contributed by atoms with E-state index in [1.807, 2.05) is 212 Å². The van der Waals surface area contributed by atoms with Crippen molar-refractivity contribution in [3.8, 4) is 114 Å². The molecule has 11 nitrogen and oxygen atoms in total. The van der Waals surface area contributed by atoms with Crippen LogP contribution in [0.4, 0.5) is 0 Å². The molecule has 0 spiro atoms. The van der Waals surface area contributed by atoms with Gasteiger partial charge in [-0.1, -0.05) is 182 Å². The fraction of sp³-hybridized carbons (Fsp3) is 0. The zero-order valence-electron chi connectivity index (χ0n) is 39.9. The van der Waals surface area contributed by atoms with Gasteiger partial charge in [0.1, 0.15) is 6.07 Å². The molecule has 11 heteroatoms. The summed E-state index contributed by atoms with van der Waals surface area (Å²) in [5.74, 6) is 4.80. The highest BCUT2D eigenvalue weighted by Gasteiger charge is 2.22. The quantitative estimate of drug-likeness (QED) is 0.130. The van der Waals surface area contributed by atoms with Crippen LogP contribution >= 0.6 is 0 Å². The Balaban J connectivity index is 1.02. The molecule has 0 radical (unpaired) electrons. The van der Waals surface area contributed by atoms with Gasteiger partial charge >= 0.3 is 0 Å². The Labute approximate surface area is 431 Å². The Morgan fingerprint density at radius 2 is 0.493 bits per heavy atom. The molecule has 0 unspecified atom stereocenters. The van der Waals surface area contributed by atoms with Gasteiger partial charge in [-0.3, -0.25) is 0 Å². The minimum absolute atomic E-state index is 0.428. The van der Waals surface area contributed by atoms with Crippen molar-refractivity contribution in [2.24, 2.45) is 0 Å². The number of nitrogens with zero attached hydrogens (tertiary/aromatic N) is 11. The van der Waals surface area contributed by atoms with Crippen LogP contribution in [0.2, 0.25) is 0 Å². The topological polar surface area (TPSA) is 145 Å². The molecule has 0 aliphatic heterocycles. The summed E-state index contributed by atoms with van der Waals surface area (Å²) in [7, 11) is 0. The van der Waals surface area contributed by atoms with Crippen LogP contribution in [0.1, 0.15) is 5.56 Å². The lowest BCUT2D eigenvalue weighted by molar-refractivity contribution is 1.07. The Bertz CT molecular complexity index is 3920. The van der Waals surface area contributed by atoms with Gasteiger partial charge in [0.2, 0.25) is 0 Å². The molecule has 13 aromatic rings. The fourth-order valence-electron chi connectivity index (χ4n) is 9.33. The molecule has 0 fully saturated rings. The smallest absolute Gasteiger partial charge is 0.164 e. The molecule has 0 saturated heterocycles. The second-order valence-corrected chi connectivity index (χ2v) is 17.8. The highest BCUT2D eigenvalue weighted by Crippen LogP contribution is 2.39. The van der Waals surface area contributed by atoms with Gasteiger partial charge in [0.25, 0.3) is 0 Å². The van der Waals surface area contributed by atoms with Crippen molar-refractivity contribution in [3.05, 3.63) is 242 Å². The maximum Gasteiger partial charge on any atom is 0.164 e. The monoisotopic (exact) mass is 961 g/mol. The molecule has 0 bridgehead atoms. The van der Waals surface area contributed by atoms with E-state index >= 15 is 0 Å². The predicted molar refractivity (Wildman–Crippen MR) is 295 cm³/mol. The van der Waals surface area contributed by atoms with E-state index < -0.39 is 0 Å². The highest BCUT2D eigenvalue weighted by atomic mass is 15.1. The molecule has 0 aliphatic carbocycles. The third-order valence-corrected chi connectivity index (χ3v) is 13.0. The molecule has 0 aliphatic rings. The summed E-state index contributed by atoms with van der Waals surface area (Å²) in [6.07, 6.45) is 0. The molecule has 0 saturated carbocycles. The Morgan fingerprint density at radius 1 is 0.253 bits per heavy atom. The van der Waals surface area contributed by atoms with Crippen LogP contribution in [0.3, 0.4) is 0 Å². The van der Waals surface area contributed by atoms with Crippen LogP contribution in [0, 0.1) is 11.3 Å². The van der Waals surface area contributed by atoms with E-state index in [1.54, 1.807) is 0 Å². The van der Waals surface area contributed by atoms with E-state index in [1.165, 1.54) is 0 Å². The summed E-state index contributed by atoms with van der Waals surface area (Å²) in [5, 5.41) is 12.9. The molecule has 350 valence electrons. The summed E-state index contributed by atoms with van der Waals surface area (Å²) >= 11 is 0. The third kappa shape index (κ3) is 8.60. The maximum atomic E-state index is 11.1. The summed E-state index contributed by atoms with van der Waals surface area (Å²) in [4.78, 5) is 45.1. The molecule has 0 atom stereocenters. The number of benzene rings is 9. The number of rotatable bonds is 10.